The van der Waals surface area contributed by atoms with Crippen LogP contribution in [-0.2, 0) is 17.8 Å². The summed E-state index contributed by atoms with van der Waals surface area (Å²) in [5, 5.41) is 12.3. The van der Waals surface area contributed by atoms with Crippen LogP contribution in [-0.4, -0.2) is 26.4 Å². The molecule has 0 fully saturated rings. The SMILES string of the molecule is CCCn1c(C)cc(/C=C(\C#N)C(=O)NCCc2cn3ccccc3n2)c1C. The summed E-state index contributed by atoms with van der Waals surface area (Å²) in [6.45, 7) is 7.55. The van der Waals surface area contributed by atoms with Crippen LogP contribution in [0, 0.1) is 25.2 Å². The molecule has 6 heteroatoms. The van der Waals surface area contributed by atoms with E-state index in [0.717, 1.165) is 41.3 Å². The van der Waals surface area contributed by atoms with Gasteiger partial charge in [0.2, 0.25) is 0 Å². The fraction of sp³-hybridized carbons (Fsp3) is 0.318. The van der Waals surface area contributed by atoms with Crippen LogP contribution in [0.15, 0.2) is 42.2 Å². The van der Waals surface area contributed by atoms with Gasteiger partial charge < -0.3 is 14.3 Å². The molecule has 28 heavy (non-hydrogen) atoms. The summed E-state index contributed by atoms with van der Waals surface area (Å²) < 4.78 is 4.16. The molecule has 144 valence electrons. The van der Waals surface area contributed by atoms with Crippen molar-refractivity contribution in [1.82, 2.24) is 19.3 Å². The molecule has 0 radical (unpaired) electrons. The lowest BCUT2D eigenvalue weighted by Crippen LogP contribution is -2.26. The standard InChI is InChI=1S/C22H25N5O/c1-4-10-27-16(2)12-18(17(27)3)13-19(14-23)22(28)24-9-8-20-15-26-11-6-5-7-21(26)25-20/h5-7,11-13,15H,4,8-10H2,1-3H3,(H,24,28)/b19-13+. The van der Waals surface area contributed by atoms with E-state index in [1.807, 2.05) is 61.0 Å². The molecule has 3 heterocycles. The van der Waals surface area contributed by atoms with E-state index in [1.165, 1.54) is 0 Å². The topological polar surface area (TPSA) is 75.1 Å². The number of imidazole rings is 1. The molecule has 0 spiro atoms. The van der Waals surface area contributed by atoms with E-state index < -0.39 is 0 Å². The maximum Gasteiger partial charge on any atom is 0.261 e. The van der Waals surface area contributed by atoms with Gasteiger partial charge in [-0.2, -0.15) is 5.26 Å². The van der Waals surface area contributed by atoms with Gasteiger partial charge in [-0.1, -0.05) is 13.0 Å². The predicted octanol–water partition coefficient (Wildman–Crippen LogP) is 3.43. The lowest BCUT2D eigenvalue weighted by atomic mass is 10.1. The van der Waals surface area contributed by atoms with E-state index >= 15 is 0 Å². The molecule has 0 unspecified atom stereocenters. The number of carbonyl (C=O) groups excluding carboxylic acids is 1. The zero-order chi connectivity index (χ0) is 20.1. The number of carbonyl (C=O) groups is 1. The number of fused-ring (bicyclic) bond motifs is 1. The molecule has 3 aromatic heterocycles. The van der Waals surface area contributed by atoms with E-state index in [4.69, 9.17) is 0 Å². The van der Waals surface area contributed by atoms with Crippen molar-refractivity contribution in [3.8, 4) is 6.07 Å². The molecule has 6 nitrogen and oxygen atoms in total. The number of rotatable bonds is 7. The molecule has 3 aromatic rings. The van der Waals surface area contributed by atoms with Crippen molar-refractivity contribution in [3.63, 3.8) is 0 Å². The van der Waals surface area contributed by atoms with E-state index in [2.05, 4.69) is 21.8 Å². The molecule has 3 rings (SSSR count). The number of nitriles is 1. The van der Waals surface area contributed by atoms with Crippen LogP contribution in [0.2, 0.25) is 0 Å². The average molecular weight is 375 g/mol. The molecular formula is C22H25N5O. The molecule has 0 saturated heterocycles. The van der Waals surface area contributed by atoms with Gasteiger partial charge in [0, 0.05) is 43.3 Å². The minimum atomic E-state index is -0.355. The summed E-state index contributed by atoms with van der Waals surface area (Å²) in [5.41, 5.74) is 5.02. The zero-order valence-corrected chi connectivity index (χ0v) is 16.6. The van der Waals surface area contributed by atoms with Gasteiger partial charge in [0.05, 0.1) is 5.69 Å². The van der Waals surface area contributed by atoms with Crippen LogP contribution >= 0.6 is 0 Å². The number of aryl methyl sites for hydroxylation is 1. The maximum atomic E-state index is 12.4. The zero-order valence-electron chi connectivity index (χ0n) is 16.6. The third kappa shape index (κ3) is 4.15. The third-order valence-electron chi connectivity index (χ3n) is 4.81. The second-order valence-electron chi connectivity index (χ2n) is 6.85. The first-order valence-electron chi connectivity index (χ1n) is 9.52. The van der Waals surface area contributed by atoms with Gasteiger partial charge in [0.1, 0.15) is 17.3 Å². The number of hydrogen-bond donors (Lipinski definition) is 1. The summed E-state index contributed by atoms with van der Waals surface area (Å²) in [5.74, 6) is -0.355. The second kappa shape index (κ2) is 8.57. The third-order valence-corrected chi connectivity index (χ3v) is 4.81. The number of nitrogens with zero attached hydrogens (tertiary/aromatic N) is 4. The highest BCUT2D eigenvalue weighted by molar-refractivity contribution is 6.01. The Morgan fingerprint density at radius 1 is 1.36 bits per heavy atom. The van der Waals surface area contributed by atoms with Gasteiger partial charge in [-0.15, -0.1) is 0 Å². The van der Waals surface area contributed by atoms with Crippen molar-refractivity contribution < 1.29 is 4.79 Å². The smallest absolute Gasteiger partial charge is 0.261 e. The van der Waals surface area contributed by atoms with E-state index in [-0.39, 0.29) is 11.5 Å². The van der Waals surface area contributed by atoms with Crippen LogP contribution in [0.25, 0.3) is 11.7 Å². The molecule has 0 atom stereocenters. The summed E-state index contributed by atoms with van der Waals surface area (Å²) in [6, 6.07) is 9.87. The number of amides is 1. The predicted molar refractivity (Wildman–Crippen MR) is 110 cm³/mol. The van der Waals surface area contributed by atoms with Crippen molar-refractivity contribution in [1.29, 1.82) is 5.26 Å². The molecule has 0 aliphatic heterocycles. The first kappa shape index (κ1) is 19.4. The molecule has 1 amide bonds. The highest BCUT2D eigenvalue weighted by Crippen LogP contribution is 2.18. The Kier molecular flexibility index (Phi) is 5.95. The quantitative estimate of drug-likeness (QED) is 0.508. The van der Waals surface area contributed by atoms with Crippen molar-refractivity contribution >= 4 is 17.6 Å². The molecule has 0 saturated carbocycles. The fourth-order valence-corrected chi connectivity index (χ4v) is 3.35. The van der Waals surface area contributed by atoms with Gasteiger partial charge in [-0.25, -0.2) is 4.98 Å². The van der Waals surface area contributed by atoms with Gasteiger partial charge in [-0.3, -0.25) is 4.79 Å². The second-order valence-corrected chi connectivity index (χ2v) is 6.85. The van der Waals surface area contributed by atoms with Gasteiger partial charge in [-0.05, 0) is 50.1 Å². The van der Waals surface area contributed by atoms with Crippen molar-refractivity contribution in [3.05, 3.63) is 64.9 Å². The lowest BCUT2D eigenvalue weighted by molar-refractivity contribution is -0.117. The molecule has 0 bridgehead atoms. The van der Waals surface area contributed by atoms with Gasteiger partial charge >= 0.3 is 0 Å². The monoisotopic (exact) mass is 375 g/mol. The largest absolute Gasteiger partial charge is 0.351 e. The Morgan fingerprint density at radius 3 is 2.89 bits per heavy atom. The van der Waals surface area contributed by atoms with Crippen LogP contribution in [0.3, 0.4) is 0 Å². The van der Waals surface area contributed by atoms with Gasteiger partial charge in [0.25, 0.3) is 5.91 Å². The highest BCUT2D eigenvalue weighted by atomic mass is 16.1. The van der Waals surface area contributed by atoms with Crippen LogP contribution < -0.4 is 5.32 Å². The summed E-state index contributed by atoms with van der Waals surface area (Å²) >= 11 is 0. The Morgan fingerprint density at radius 2 is 2.18 bits per heavy atom. The Hall–Kier alpha value is -3.33. The van der Waals surface area contributed by atoms with E-state index in [1.54, 1.807) is 6.08 Å². The highest BCUT2D eigenvalue weighted by Gasteiger charge is 2.12. The molecule has 0 aliphatic rings. The van der Waals surface area contributed by atoms with Crippen molar-refractivity contribution in [2.75, 3.05) is 6.54 Å². The number of aromatic nitrogens is 3. The van der Waals surface area contributed by atoms with E-state index in [9.17, 15) is 10.1 Å². The normalized spacial score (nSPS) is 11.6. The average Bonchev–Trinajstić information content (AvgIpc) is 3.21. The van der Waals surface area contributed by atoms with Crippen LogP contribution in [0.1, 0.15) is 36.0 Å². The molecule has 1 N–H and O–H groups in total. The fourth-order valence-electron chi connectivity index (χ4n) is 3.35. The molecule has 0 aromatic carbocycles. The Balaban J connectivity index is 1.66. The maximum absolute atomic E-state index is 12.4. The molecule has 0 aliphatic carbocycles. The van der Waals surface area contributed by atoms with Crippen LogP contribution in [0.5, 0.6) is 0 Å². The molecular weight excluding hydrogens is 350 g/mol. The number of nitrogens with one attached hydrogen (secondary N) is 1. The summed E-state index contributed by atoms with van der Waals surface area (Å²) in [4.78, 5) is 16.9. The first-order valence-corrected chi connectivity index (χ1v) is 9.52. The Labute approximate surface area is 165 Å². The first-order chi connectivity index (χ1) is 13.5. The minimum absolute atomic E-state index is 0.117. The summed E-state index contributed by atoms with van der Waals surface area (Å²) in [6.07, 6.45) is 7.21. The van der Waals surface area contributed by atoms with Gasteiger partial charge in [0.15, 0.2) is 0 Å². The minimum Gasteiger partial charge on any atom is -0.351 e. The Bertz CT molecular complexity index is 1030. The number of hydrogen-bond acceptors (Lipinski definition) is 3. The lowest BCUT2D eigenvalue weighted by Gasteiger charge is -2.07. The van der Waals surface area contributed by atoms with Crippen LogP contribution in [0.4, 0.5) is 0 Å². The summed E-state index contributed by atoms with van der Waals surface area (Å²) in [7, 11) is 0. The van der Waals surface area contributed by atoms with Crippen molar-refractivity contribution in [2.45, 2.75) is 40.2 Å². The van der Waals surface area contributed by atoms with E-state index in [0.29, 0.717) is 13.0 Å². The van der Waals surface area contributed by atoms with Crippen molar-refractivity contribution in [2.24, 2.45) is 0 Å². The number of pyridine rings is 1.